The third-order valence-electron chi connectivity index (χ3n) is 6.30. The lowest BCUT2D eigenvalue weighted by atomic mass is 9.90. The number of carbonyl (C=O) groups is 1. The van der Waals surface area contributed by atoms with Gasteiger partial charge >= 0.3 is 0 Å². The van der Waals surface area contributed by atoms with Crippen LogP contribution in [-0.2, 0) is 13.0 Å². The minimum Gasteiger partial charge on any atom is -0.359 e. The smallest absolute Gasteiger partial charge is 0.276 e. The lowest BCUT2D eigenvalue weighted by Gasteiger charge is -2.31. The molecule has 2 saturated heterocycles. The van der Waals surface area contributed by atoms with E-state index in [1.54, 1.807) is 0 Å². The van der Waals surface area contributed by atoms with E-state index in [9.17, 15) is 4.79 Å². The van der Waals surface area contributed by atoms with Crippen molar-refractivity contribution in [1.82, 2.24) is 15.0 Å². The summed E-state index contributed by atoms with van der Waals surface area (Å²) >= 11 is 0. The average Bonchev–Trinajstić information content (AvgIpc) is 3.19. The lowest BCUT2D eigenvalue weighted by molar-refractivity contribution is 0.0686. The molecule has 5 nitrogen and oxygen atoms in total. The first-order valence-electron chi connectivity index (χ1n) is 10.7. The van der Waals surface area contributed by atoms with Gasteiger partial charge in [-0.25, -0.2) is 0 Å². The summed E-state index contributed by atoms with van der Waals surface area (Å²) in [7, 11) is 0. The largest absolute Gasteiger partial charge is 0.359 e. The molecule has 1 aromatic carbocycles. The van der Waals surface area contributed by atoms with Gasteiger partial charge in [0.25, 0.3) is 5.91 Å². The second kappa shape index (κ2) is 8.91. The number of likely N-dealkylation sites (tertiary alicyclic amines) is 2. The molecule has 0 radical (unpaired) electrons. The summed E-state index contributed by atoms with van der Waals surface area (Å²) in [4.78, 5) is 16.9. The van der Waals surface area contributed by atoms with Crippen LogP contribution in [0.4, 0.5) is 0 Å². The van der Waals surface area contributed by atoms with Crippen LogP contribution >= 0.6 is 0 Å². The predicted molar refractivity (Wildman–Crippen MR) is 109 cm³/mol. The summed E-state index contributed by atoms with van der Waals surface area (Å²) in [6.45, 7) is 6.81. The van der Waals surface area contributed by atoms with E-state index in [1.807, 2.05) is 11.0 Å². The van der Waals surface area contributed by atoms with Crippen molar-refractivity contribution in [2.45, 2.75) is 45.6 Å². The summed E-state index contributed by atoms with van der Waals surface area (Å²) in [6, 6.07) is 12.6. The molecule has 2 aliphatic rings. The summed E-state index contributed by atoms with van der Waals surface area (Å²) in [6.07, 6.45) is 5.74. The zero-order valence-electron chi connectivity index (χ0n) is 16.8. The topological polar surface area (TPSA) is 49.6 Å². The van der Waals surface area contributed by atoms with Crippen molar-refractivity contribution >= 4 is 5.91 Å². The van der Waals surface area contributed by atoms with Gasteiger partial charge in [-0.05, 0) is 62.6 Å². The van der Waals surface area contributed by atoms with Gasteiger partial charge in [0, 0.05) is 19.2 Å². The zero-order valence-corrected chi connectivity index (χ0v) is 16.8. The molecule has 2 fully saturated rings. The molecule has 5 heteroatoms. The van der Waals surface area contributed by atoms with Crippen molar-refractivity contribution in [3.05, 3.63) is 53.4 Å². The first-order chi connectivity index (χ1) is 13.7. The Morgan fingerprint density at radius 1 is 1.07 bits per heavy atom. The van der Waals surface area contributed by atoms with Gasteiger partial charge in [-0.1, -0.05) is 42.4 Å². The highest BCUT2D eigenvalue weighted by atomic mass is 16.5. The number of carbonyl (C=O) groups excluding carboxylic acids is 1. The van der Waals surface area contributed by atoms with Crippen LogP contribution in [-0.4, -0.2) is 47.0 Å². The van der Waals surface area contributed by atoms with Crippen LogP contribution in [0.15, 0.2) is 40.9 Å². The zero-order chi connectivity index (χ0) is 19.3. The number of hydrogen-bond acceptors (Lipinski definition) is 4. The fourth-order valence-electron chi connectivity index (χ4n) is 4.38. The normalized spacial score (nSPS) is 19.8. The van der Waals surface area contributed by atoms with Gasteiger partial charge in [-0.3, -0.25) is 9.69 Å². The Labute approximate surface area is 167 Å². The van der Waals surface area contributed by atoms with E-state index in [0.29, 0.717) is 11.6 Å². The molecular weight excluding hydrogens is 350 g/mol. The standard InChI is InChI=1S/C23H31N3O2/c1-18-7-13-26(14-8-18)23(27)22-16-21(28-24-22)17-25-11-9-20(10-12-25)15-19-5-3-2-4-6-19/h2-6,16,18,20H,7-15,17H2,1H3. The van der Waals surface area contributed by atoms with Crippen molar-refractivity contribution in [2.75, 3.05) is 26.2 Å². The Balaban J connectivity index is 1.25. The number of amides is 1. The second-order valence-electron chi connectivity index (χ2n) is 8.56. The highest BCUT2D eigenvalue weighted by molar-refractivity contribution is 5.92. The third kappa shape index (κ3) is 4.82. The van der Waals surface area contributed by atoms with E-state index >= 15 is 0 Å². The SMILES string of the molecule is CC1CCN(C(=O)c2cc(CN3CCC(Cc4ccccc4)CC3)on2)CC1. The van der Waals surface area contributed by atoms with E-state index in [0.717, 1.165) is 57.2 Å². The molecular formula is C23H31N3O2. The average molecular weight is 382 g/mol. The molecule has 4 rings (SSSR count). The molecule has 0 N–H and O–H groups in total. The molecule has 1 aromatic heterocycles. The second-order valence-corrected chi connectivity index (χ2v) is 8.56. The van der Waals surface area contributed by atoms with Crippen molar-refractivity contribution in [1.29, 1.82) is 0 Å². The van der Waals surface area contributed by atoms with Crippen LogP contribution in [0.1, 0.15) is 54.4 Å². The van der Waals surface area contributed by atoms with Crippen molar-refractivity contribution in [2.24, 2.45) is 11.8 Å². The molecule has 150 valence electrons. The fourth-order valence-corrected chi connectivity index (χ4v) is 4.38. The van der Waals surface area contributed by atoms with Crippen molar-refractivity contribution < 1.29 is 9.32 Å². The summed E-state index contributed by atoms with van der Waals surface area (Å²) < 4.78 is 5.48. The number of hydrogen-bond donors (Lipinski definition) is 0. The van der Waals surface area contributed by atoms with Crippen LogP contribution in [0.25, 0.3) is 0 Å². The van der Waals surface area contributed by atoms with Gasteiger partial charge in [0.15, 0.2) is 11.5 Å². The van der Waals surface area contributed by atoms with Gasteiger partial charge in [0.2, 0.25) is 0 Å². The number of rotatable bonds is 5. The first kappa shape index (κ1) is 19.2. The Morgan fingerprint density at radius 2 is 1.79 bits per heavy atom. The molecule has 2 aliphatic heterocycles. The number of benzene rings is 1. The minimum absolute atomic E-state index is 0.0171. The number of nitrogens with zero attached hydrogens (tertiary/aromatic N) is 3. The van der Waals surface area contributed by atoms with Crippen LogP contribution < -0.4 is 0 Å². The number of piperidine rings is 2. The lowest BCUT2D eigenvalue weighted by Crippen LogP contribution is -2.38. The molecule has 28 heavy (non-hydrogen) atoms. The molecule has 1 amide bonds. The molecule has 0 bridgehead atoms. The van der Waals surface area contributed by atoms with Crippen LogP contribution in [0, 0.1) is 11.8 Å². The molecule has 2 aromatic rings. The van der Waals surface area contributed by atoms with Gasteiger partial charge in [0.1, 0.15) is 0 Å². The van der Waals surface area contributed by atoms with E-state index in [2.05, 4.69) is 47.3 Å². The monoisotopic (exact) mass is 381 g/mol. The number of aromatic nitrogens is 1. The maximum absolute atomic E-state index is 12.6. The van der Waals surface area contributed by atoms with E-state index < -0.39 is 0 Å². The molecule has 0 unspecified atom stereocenters. The van der Waals surface area contributed by atoms with Gasteiger partial charge < -0.3 is 9.42 Å². The maximum Gasteiger partial charge on any atom is 0.276 e. The summed E-state index contributed by atoms with van der Waals surface area (Å²) in [5.74, 6) is 2.28. The fraction of sp³-hybridized carbons (Fsp3) is 0.565. The van der Waals surface area contributed by atoms with Gasteiger partial charge in [-0.2, -0.15) is 0 Å². The third-order valence-corrected chi connectivity index (χ3v) is 6.30. The highest BCUT2D eigenvalue weighted by Crippen LogP contribution is 2.23. The van der Waals surface area contributed by atoms with E-state index in [1.165, 1.54) is 24.8 Å². The predicted octanol–water partition coefficient (Wildman–Crippen LogP) is 4.00. The highest BCUT2D eigenvalue weighted by Gasteiger charge is 2.25. The van der Waals surface area contributed by atoms with Gasteiger partial charge in [-0.15, -0.1) is 0 Å². The molecule has 0 atom stereocenters. The maximum atomic E-state index is 12.6. The minimum atomic E-state index is 0.0171. The van der Waals surface area contributed by atoms with Gasteiger partial charge in [0.05, 0.1) is 6.54 Å². The van der Waals surface area contributed by atoms with Crippen molar-refractivity contribution in [3.63, 3.8) is 0 Å². The Morgan fingerprint density at radius 3 is 2.50 bits per heavy atom. The molecule has 3 heterocycles. The van der Waals surface area contributed by atoms with E-state index in [4.69, 9.17) is 4.52 Å². The Hall–Kier alpha value is -2.14. The molecule has 0 saturated carbocycles. The Bertz CT molecular complexity index is 757. The van der Waals surface area contributed by atoms with Crippen LogP contribution in [0.2, 0.25) is 0 Å². The first-order valence-corrected chi connectivity index (χ1v) is 10.7. The van der Waals surface area contributed by atoms with Crippen LogP contribution in [0.5, 0.6) is 0 Å². The summed E-state index contributed by atoms with van der Waals surface area (Å²) in [5, 5.41) is 4.05. The quantitative estimate of drug-likeness (QED) is 0.785. The molecule has 0 aliphatic carbocycles. The van der Waals surface area contributed by atoms with Crippen LogP contribution in [0.3, 0.4) is 0 Å². The summed E-state index contributed by atoms with van der Waals surface area (Å²) in [5.41, 5.74) is 1.90. The molecule has 0 spiro atoms. The Kier molecular flexibility index (Phi) is 6.10. The van der Waals surface area contributed by atoms with E-state index in [-0.39, 0.29) is 5.91 Å². The van der Waals surface area contributed by atoms with Crippen molar-refractivity contribution in [3.8, 4) is 0 Å².